The molecule has 1 amide bonds. The highest BCUT2D eigenvalue weighted by molar-refractivity contribution is 5.92. The second-order valence-corrected chi connectivity index (χ2v) is 8.46. The van der Waals surface area contributed by atoms with Gasteiger partial charge in [-0.25, -0.2) is 0 Å². The summed E-state index contributed by atoms with van der Waals surface area (Å²) in [7, 11) is 1.65. The molecule has 0 spiro atoms. The van der Waals surface area contributed by atoms with Crippen molar-refractivity contribution in [3.63, 3.8) is 0 Å². The Labute approximate surface area is 175 Å². The third kappa shape index (κ3) is 7.07. The average Bonchev–Trinajstić information content (AvgIpc) is 2.75. The lowest BCUT2D eigenvalue weighted by molar-refractivity contribution is -0.117. The van der Waals surface area contributed by atoms with E-state index in [4.69, 9.17) is 9.47 Å². The first-order chi connectivity index (χ1) is 14.1. The molecule has 3 rings (SSSR count). The fourth-order valence-electron chi connectivity index (χ4n) is 4.20. The summed E-state index contributed by atoms with van der Waals surface area (Å²) in [5, 5.41) is 3.12. The molecule has 2 fully saturated rings. The predicted octanol–water partition coefficient (Wildman–Crippen LogP) is 4.27. The third-order valence-corrected chi connectivity index (χ3v) is 6.09. The van der Waals surface area contributed by atoms with Crippen LogP contribution in [0.4, 0.5) is 0 Å². The summed E-state index contributed by atoms with van der Waals surface area (Å²) in [6.07, 6.45) is 11.9. The van der Waals surface area contributed by atoms with Crippen molar-refractivity contribution in [2.24, 2.45) is 5.92 Å². The zero-order valence-electron chi connectivity index (χ0n) is 18.0. The summed E-state index contributed by atoms with van der Waals surface area (Å²) in [5.74, 6) is 2.21. The Hall–Kier alpha value is -2.01. The van der Waals surface area contributed by atoms with Crippen LogP contribution in [0.25, 0.3) is 6.08 Å². The van der Waals surface area contributed by atoms with E-state index in [0.29, 0.717) is 18.4 Å². The zero-order chi connectivity index (χ0) is 20.5. The van der Waals surface area contributed by atoms with E-state index in [2.05, 4.69) is 17.1 Å². The number of likely N-dealkylation sites (tertiary alicyclic amines) is 1. The van der Waals surface area contributed by atoms with Gasteiger partial charge in [-0.3, -0.25) is 9.69 Å². The molecule has 1 aromatic rings. The molecule has 0 radical (unpaired) electrons. The fourth-order valence-corrected chi connectivity index (χ4v) is 4.20. The molecule has 160 valence electrons. The Morgan fingerprint density at radius 1 is 1.14 bits per heavy atom. The SMILES string of the molecule is COc1cc(/C=C/C(=O)NC2CCC(C)CC2)ccc1OCCN1CCCCC1. The molecular weight excluding hydrogens is 364 g/mol. The summed E-state index contributed by atoms with van der Waals surface area (Å²) in [5.41, 5.74) is 0.928. The number of methoxy groups -OCH3 is 1. The van der Waals surface area contributed by atoms with E-state index in [0.717, 1.165) is 36.6 Å². The molecule has 1 heterocycles. The van der Waals surface area contributed by atoms with Crippen LogP contribution < -0.4 is 14.8 Å². The largest absolute Gasteiger partial charge is 0.493 e. The maximum Gasteiger partial charge on any atom is 0.244 e. The highest BCUT2D eigenvalue weighted by Gasteiger charge is 2.18. The van der Waals surface area contributed by atoms with E-state index in [-0.39, 0.29) is 5.91 Å². The number of nitrogens with one attached hydrogen (secondary N) is 1. The first-order valence-corrected chi connectivity index (χ1v) is 11.2. The van der Waals surface area contributed by atoms with Gasteiger partial charge in [-0.15, -0.1) is 0 Å². The van der Waals surface area contributed by atoms with Gasteiger partial charge < -0.3 is 14.8 Å². The molecule has 1 saturated carbocycles. The van der Waals surface area contributed by atoms with Crippen LogP contribution in [0, 0.1) is 5.92 Å². The second kappa shape index (κ2) is 11.2. The number of benzene rings is 1. The molecule has 5 heteroatoms. The monoisotopic (exact) mass is 400 g/mol. The normalized spacial score (nSPS) is 23.1. The number of carbonyl (C=O) groups is 1. The van der Waals surface area contributed by atoms with Gasteiger partial charge in [0.15, 0.2) is 11.5 Å². The maximum atomic E-state index is 12.2. The van der Waals surface area contributed by atoms with Crippen molar-refractivity contribution in [1.29, 1.82) is 0 Å². The van der Waals surface area contributed by atoms with Crippen molar-refractivity contribution in [3.05, 3.63) is 29.8 Å². The molecular formula is C24H36N2O3. The van der Waals surface area contributed by atoms with Gasteiger partial charge in [0.1, 0.15) is 6.61 Å². The Balaban J connectivity index is 1.48. The minimum atomic E-state index is -0.0228. The molecule has 2 aliphatic rings. The average molecular weight is 401 g/mol. The Bertz CT molecular complexity index is 675. The van der Waals surface area contributed by atoms with Gasteiger partial charge in [0.25, 0.3) is 0 Å². The van der Waals surface area contributed by atoms with Gasteiger partial charge in [0.2, 0.25) is 5.91 Å². The lowest BCUT2D eigenvalue weighted by Crippen LogP contribution is -2.36. The molecule has 1 N–H and O–H groups in total. The fraction of sp³-hybridized carbons (Fsp3) is 0.625. The molecule has 1 saturated heterocycles. The van der Waals surface area contributed by atoms with Crippen molar-refractivity contribution in [2.75, 3.05) is 33.4 Å². The molecule has 0 bridgehead atoms. The minimum absolute atomic E-state index is 0.0228. The highest BCUT2D eigenvalue weighted by Crippen LogP contribution is 2.29. The molecule has 29 heavy (non-hydrogen) atoms. The predicted molar refractivity (Wildman–Crippen MR) is 117 cm³/mol. The molecule has 0 unspecified atom stereocenters. The summed E-state index contributed by atoms with van der Waals surface area (Å²) < 4.78 is 11.4. The number of rotatable bonds is 8. The van der Waals surface area contributed by atoms with Gasteiger partial charge in [-0.2, -0.15) is 0 Å². The Morgan fingerprint density at radius 3 is 2.62 bits per heavy atom. The zero-order valence-corrected chi connectivity index (χ0v) is 18.0. The van der Waals surface area contributed by atoms with Gasteiger partial charge in [0, 0.05) is 18.7 Å². The highest BCUT2D eigenvalue weighted by atomic mass is 16.5. The first kappa shape index (κ1) is 21.7. The van der Waals surface area contributed by atoms with Crippen molar-refractivity contribution in [2.45, 2.75) is 57.9 Å². The summed E-state index contributed by atoms with van der Waals surface area (Å²) in [6, 6.07) is 6.12. The van der Waals surface area contributed by atoms with Gasteiger partial charge in [-0.05, 0) is 81.3 Å². The number of amides is 1. The van der Waals surface area contributed by atoms with E-state index in [1.54, 1.807) is 13.2 Å². The topological polar surface area (TPSA) is 50.8 Å². The Kier molecular flexibility index (Phi) is 8.41. The molecule has 1 aliphatic carbocycles. The molecule has 0 aromatic heterocycles. The molecule has 1 aromatic carbocycles. The van der Waals surface area contributed by atoms with Gasteiger partial charge >= 0.3 is 0 Å². The van der Waals surface area contributed by atoms with Crippen LogP contribution in [0.3, 0.4) is 0 Å². The lowest BCUT2D eigenvalue weighted by atomic mass is 9.87. The van der Waals surface area contributed by atoms with Crippen LogP contribution in [-0.4, -0.2) is 50.2 Å². The minimum Gasteiger partial charge on any atom is -0.493 e. The molecule has 5 nitrogen and oxygen atoms in total. The van der Waals surface area contributed by atoms with Crippen molar-refractivity contribution in [3.8, 4) is 11.5 Å². The van der Waals surface area contributed by atoms with Crippen LogP contribution in [0.2, 0.25) is 0 Å². The number of hydrogen-bond donors (Lipinski definition) is 1. The molecule has 0 atom stereocenters. The Morgan fingerprint density at radius 2 is 1.90 bits per heavy atom. The number of carbonyl (C=O) groups excluding carboxylic acids is 1. The van der Waals surface area contributed by atoms with Crippen LogP contribution in [0.15, 0.2) is 24.3 Å². The second-order valence-electron chi connectivity index (χ2n) is 8.46. The maximum absolute atomic E-state index is 12.2. The smallest absolute Gasteiger partial charge is 0.244 e. The summed E-state index contributed by atoms with van der Waals surface area (Å²) in [6.45, 7) is 6.24. The van der Waals surface area contributed by atoms with Gasteiger partial charge in [0.05, 0.1) is 7.11 Å². The number of nitrogens with zero attached hydrogens (tertiary/aromatic N) is 1. The number of piperidine rings is 1. The van der Waals surface area contributed by atoms with Crippen LogP contribution >= 0.6 is 0 Å². The van der Waals surface area contributed by atoms with Crippen LogP contribution in [0.1, 0.15) is 57.4 Å². The third-order valence-electron chi connectivity index (χ3n) is 6.09. The summed E-state index contributed by atoms with van der Waals surface area (Å²) >= 11 is 0. The number of ether oxygens (including phenoxy) is 2. The summed E-state index contributed by atoms with van der Waals surface area (Å²) in [4.78, 5) is 14.7. The van der Waals surface area contributed by atoms with Crippen LogP contribution in [0.5, 0.6) is 11.5 Å². The van der Waals surface area contributed by atoms with Crippen LogP contribution in [-0.2, 0) is 4.79 Å². The quantitative estimate of drug-likeness (QED) is 0.662. The van der Waals surface area contributed by atoms with Crippen molar-refractivity contribution < 1.29 is 14.3 Å². The van der Waals surface area contributed by atoms with Crippen molar-refractivity contribution in [1.82, 2.24) is 10.2 Å². The van der Waals surface area contributed by atoms with E-state index >= 15 is 0 Å². The van der Waals surface area contributed by atoms with E-state index in [1.165, 1.54) is 45.2 Å². The first-order valence-electron chi connectivity index (χ1n) is 11.2. The van der Waals surface area contributed by atoms with E-state index < -0.39 is 0 Å². The van der Waals surface area contributed by atoms with E-state index in [1.807, 2.05) is 24.3 Å². The van der Waals surface area contributed by atoms with E-state index in [9.17, 15) is 4.79 Å². The number of hydrogen-bond acceptors (Lipinski definition) is 4. The van der Waals surface area contributed by atoms with Crippen molar-refractivity contribution >= 4 is 12.0 Å². The van der Waals surface area contributed by atoms with Gasteiger partial charge in [-0.1, -0.05) is 19.4 Å². The standard InChI is InChI=1S/C24H36N2O3/c1-19-6-10-21(11-7-19)25-24(27)13-9-20-8-12-22(23(18-20)28-2)29-17-16-26-14-4-3-5-15-26/h8-9,12-13,18-19,21H,3-7,10-11,14-17H2,1-2H3,(H,25,27)/b13-9+. The molecule has 1 aliphatic heterocycles. The lowest BCUT2D eigenvalue weighted by Gasteiger charge is -2.26.